The van der Waals surface area contributed by atoms with Gasteiger partial charge in [0.15, 0.2) is 11.0 Å². The molecule has 2 aromatic rings. The highest BCUT2D eigenvalue weighted by atomic mass is 32.2. The number of piperidine rings is 1. The second-order valence-electron chi connectivity index (χ2n) is 7.10. The van der Waals surface area contributed by atoms with Crippen molar-refractivity contribution < 1.29 is 4.79 Å². The first-order valence-electron chi connectivity index (χ1n) is 9.08. The van der Waals surface area contributed by atoms with Crippen LogP contribution >= 0.6 is 11.8 Å². The number of amides is 1. The zero-order chi connectivity index (χ0) is 18.5. The lowest BCUT2D eigenvalue weighted by Gasteiger charge is -2.34. The number of benzene rings is 1. The van der Waals surface area contributed by atoms with Crippen LogP contribution in [0.1, 0.15) is 20.3 Å². The fourth-order valence-corrected chi connectivity index (χ4v) is 4.42. The van der Waals surface area contributed by atoms with E-state index in [1.807, 2.05) is 45.9 Å². The largest absolute Gasteiger partial charge is 0.341 e. The molecule has 0 bridgehead atoms. The van der Waals surface area contributed by atoms with Gasteiger partial charge in [-0.2, -0.15) is 0 Å². The van der Waals surface area contributed by atoms with E-state index in [2.05, 4.69) is 30.6 Å². The van der Waals surface area contributed by atoms with Crippen LogP contribution in [0.5, 0.6) is 0 Å². The smallest absolute Gasteiger partial charge is 0.233 e. The molecule has 0 radical (unpaired) electrons. The van der Waals surface area contributed by atoms with Gasteiger partial charge < -0.3 is 4.90 Å². The minimum absolute atomic E-state index is 0.183. The molecule has 6 heteroatoms. The van der Waals surface area contributed by atoms with Crippen molar-refractivity contribution in [3.8, 4) is 11.4 Å². The summed E-state index contributed by atoms with van der Waals surface area (Å²) in [5.74, 6) is 2.52. The third-order valence-electron chi connectivity index (χ3n) is 4.61. The van der Waals surface area contributed by atoms with Crippen LogP contribution in [0.15, 0.2) is 48.1 Å². The van der Waals surface area contributed by atoms with Crippen LogP contribution in [0.3, 0.4) is 0 Å². The molecule has 0 unspecified atom stereocenters. The van der Waals surface area contributed by atoms with Gasteiger partial charge >= 0.3 is 0 Å². The number of thioether (sulfide) groups is 1. The van der Waals surface area contributed by atoms with Crippen molar-refractivity contribution in [3.63, 3.8) is 0 Å². The molecule has 138 valence electrons. The van der Waals surface area contributed by atoms with E-state index in [-0.39, 0.29) is 5.91 Å². The number of carbonyl (C=O) groups excluding carboxylic acids is 1. The van der Waals surface area contributed by atoms with Gasteiger partial charge in [-0.3, -0.25) is 9.36 Å². The molecular formula is C20H26N4OS. The van der Waals surface area contributed by atoms with Gasteiger partial charge in [0.1, 0.15) is 0 Å². The molecule has 1 aromatic heterocycles. The Morgan fingerprint density at radius 3 is 2.58 bits per heavy atom. The average molecular weight is 371 g/mol. The topological polar surface area (TPSA) is 51.0 Å². The Morgan fingerprint density at radius 1 is 1.23 bits per heavy atom. The molecule has 1 amide bonds. The van der Waals surface area contributed by atoms with Crippen molar-refractivity contribution in [1.82, 2.24) is 19.7 Å². The molecule has 1 aromatic carbocycles. The third kappa shape index (κ3) is 4.36. The van der Waals surface area contributed by atoms with Crippen LogP contribution in [-0.2, 0) is 11.3 Å². The summed E-state index contributed by atoms with van der Waals surface area (Å²) in [7, 11) is 0. The first-order chi connectivity index (χ1) is 12.6. The molecule has 0 spiro atoms. The second-order valence-corrected chi connectivity index (χ2v) is 8.05. The number of aromatic nitrogens is 3. The van der Waals surface area contributed by atoms with Gasteiger partial charge in [-0.05, 0) is 18.3 Å². The predicted octanol–water partition coefficient (Wildman–Crippen LogP) is 3.73. The maximum atomic E-state index is 12.6. The van der Waals surface area contributed by atoms with Crippen LogP contribution in [0, 0.1) is 11.8 Å². The molecule has 0 aliphatic carbocycles. The van der Waals surface area contributed by atoms with Crippen LogP contribution in [0.4, 0.5) is 0 Å². The van der Waals surface area contributed by atoms with Gasteiger partial charge in [0, 0.05) is 25.2 Å². The molecule has 1 fully saturated rings. The van der Waals surface area contributed by atoms with E-state index in [1.54, 1.807) is 0 Å². The summed E-state index contributed by atoms with van der Waals surface area (Å²) in [6.45, 7) is 10.6. The molecule has 1 saturated heterocycles. The zero-order valence-electron chi connectivity index (χ0n) is 15.5. The van der Waals surface area contributed by atoms with Crippen molar-refractivity contribution in [2.45, 2.75) is 32.0 Å². The highest BCUT2D eigenvalue weighted by Gasteiger charge is 2.25. The quantitative estimate of drug-likeness (QED) is 0.574. The average Bonchev–Trinajstić information content (AvgIpc) is 3.02. The van der Waals surface area contributed by atoms with E-state index in [0.717, 1.165) is 29.6 Å². The number of likely N-dealkylation sites (tertiary alicyclic amines) is 1. The Labute approximate surface area is 159 Å². The monoisotopic (exact) mass is 370 g/mol. The molecule has 5 nitrogen and oxygen atoms in total. The summed E-state index contributed by atoms with van der Waals surface area (Å²) in [6.07, 6.45) is 3.03. The van der Waals surface area contributed by atoms with Gasteiger partial charge in [-0.25, -0.2) is 0 Å². The van der Waals surface area contributed by atoms with E-state index >= 15 is 0 Å². The lowest BCUT2D eigenvalue weighted by molar-refractivity contribution is -0.130. The summed E-state index contributed by atoms with van der Waals surface area (Å²) in [5.41, 5.74) is 1.01. The first-order valence-corrected chi connectivity index (χ1v) is 10.1. The first kappa shape index (κ1) is 18.7. The summed E-state index contributed by atoms with van der Waals surface area (Å²) in [4.78, 5) is 14.6. The summed E-state index contributed by atoms with van der Waals surface area (Å²) in [6, 6.07) is 9.97. The maximum absolute atomic E-state index is 12.6. The van der Waals surface area contributed by atoms with Crippen LogP contribution in [-0.4, -0.2) is 44.4 Å². The second kappa shape index (κ2) is 8.54. The zero-order valence-corrected chi connectivity index (χ0v) is 16.3. The minimum atomic E-state index is 0.183. The fraction of sp³-hybridized carbons (Fsp3) is 0.450. The number of hydrogen-bond donors (Lipinski definition) is 0. The Balaban J connectivity index is 1.71. The number of carbonyl (C=O) groups is 1. The van der Waals surface area contributed by atoms with Gasteiger partial charge in [0.05, 0.1) is 5.75 Å². The van der Waals surface area contributed by atoms with E-state index in [0.29, 0.717) is 24.1 Å². The van der Waals surface area contributed by atoms with Crippen molar-refractivity contribution in [2.75, 3.05) is 18.8 Å². The van der Waals surface area contributed by atoms with E-state index in [4.69, 9.17) is 0 Å². The molecule has 26 heavy (non-hydrogen) atoms. The van der Waals surface area contributed by atoms with E-state index in [1.165, 1.54) is 18.2 Å². The van der Waals surface area contributed by atoms with Gasteiger partial charge in [0.25, 0.3) is 0 Å². The SMILES string of the molecule is C=CCn1c(SCC(=O)N2C[C@H](C)C[C@H](C)C2)nnc1-c1ccccc1. The summed E-state index contributed by atoms with van der Waals surface area (Å²) >= 11 is 1.46. The Hall–Kier alpha value is -2.08. The third-order valence-corrected chi connectivity index (χ3v) is 5.56. The lowest BCUT2D eigenvalue weighted by Crippen LogP contribution is -2.43. The van der Waals surface area contributed by atoms with E-state index in [9.17, 15) is 4.79 Å². The minimum Gasteiger partial charge on any atom is -0.341 e. The van der Waals surface area contributed by atoms with Crippen LogP contribution in [0.25, 0.3) is 11.4 Å². The van der Waals surface area contributed by atoms with Crippen molar-refractivity contribution >= 4 is 17.7 Å². The molecule has 0 N–H and O–H groups in total. The molecular weight excluding hydrogens is 344 g/mol. The molecule has 0 saturated carbocycles. The van der Waals surface area contributed by atoms with Crippen molar-refractivity contribution in [3.05, 3.63) is 43.0 Å². The molecule has 2 heterocycles. The van der Waals surface area contributed by atoms with Crippen LogP contribution in [0.2, 0.25) is 0 Å². The van der Waals surface area contributed by atoms with Gasteiger partial charge in [0.2, 0.25) is 5.91 Å². The number of nitrogens with zero attached hydrogens (tertiary/aromatic N) is 4. The summed E-state index contributed by atoms with van der Waals surface area (Å²) in [5, 5.41) is 9.41. The normalized spacial score (nSPS) is 20.2. The van der Waals surface area contributed by atoms with Gasteiger partial charge in [-0.15, -0.1) is 16.8 Å². The number of allylic oxidation sites excluding steroid dienone is 1. The number of rotatable bonds is 6. The highest BCUT2D eigenvalue weighted by Crippen LogP contribution is 2.26. The number of hydrogen-bond acceptors (Lipinski definition) is 4. The van der Waals surface area contributed by atoms with Gasteiger partial charge in [-0.1, -0.05) is 62.0 Å². The standard InChI is InChI=1S/C20H26N4OS/c1-4-10-24-19(17-8-6-5-7-9-17)21-22-20(24)26-14-18(25)23-12-15(2)11-16(3)13-23/h4-9,15-16H,1,10-14H2,2-3H3/t15-,16+. The molecule has 1 aliphatic rings. The molecule has 1 aliphatic heterocycles. The maximum Gasteiger partial charge on any atom is 0.233 e. The molecule has 3 rings (SSSR count). The van der Waals surface area contributed by atoms with Crippen molar-refractivity contribution in [1.29, 1.82) is 0 Å². The fourth-order valence-electron chi connectivity index (χ4n) is 3.57. The summed E-state index contributed by atoms with van der Waals surface area (Å²) < 4.78 is 2.02. The Kier molecular flexibility index (Phi) is 6.14. The Bertz CT molecular complexity index is 748. The highest BCUT2D eigenvalue weighted by molar-refractivity contribution is 7.99. The molecule has 2 atom stereocenters. The van der Waals surface area contributed by atoms with Crippen molar-refractivity contribution in [2.24, 2.45) is 11.8 Å². The van der Waals surface area contributed by atoms with Crippen LogP contribution < -0.4 is 0 Å². The lowest BCUT2D eigenvalue weighted by atomic mass is 9.92. The Morgan fingerprint density at radius 2 is 1.92 bits per heavy atom. The predicted molar refractivity (Wildman–Crippen MR) is 106 cm³/mol. The van der Waals surface area contributed by atoms with E-state index < -0.39 is 0 Å².